The number of hydrogen-bond acceptors (Lipinski definition) is 5. The fraction of sp³-hybridized carbons (Fsp3) is 0.250. The van der Waals surface area contributed by atoms with Crippen LogP contribution >= 0.6 is 22.7 Å². The van der Waals surface area contributed by atoms with E-state index in [1.54, 1.807) is 0 Å². The number of hydrogen-bond donors (Lipinski definition) is 2. The quantitative estimate of drug-likeness (QED) is 0.194. The summed E-state index contributed by atoms with van der Waals surface area (Å²) in [6.07, 6.45) is -0.816. The van der Waals surface area contributed by atoms with Crippen LogP contribution in [0.3, 0.4) is 0 Å². The number of carboxylic acids is 1. The Bertz CT molecular complexity index is 1850. The number of carbonyl (C=O) groups excluding carboxylic acids is 1. The molecule has 0 saturated heterocycles. The van der Waals surface area contributed by atoms with Gasteiger partial charge in [0.25, 0.3) is 0 Å². The number of thiophene rings is 2. The van der Waals surface area contributed by atoms with Crippen molar-refractivity contribution >= 4 is 45.9 Å². The number of halogens is 6. The lowest BCUT2D eigenvalue weighted by Gasteiger charge is -2.25. The van der Waals surface area contributed by atoms with Crippen LogP contribution in [0.4, 0.5) is 31.1 Å². The predicted octanol–water partition coefficient (Wildman–Crippen LogP) is 8.99. The molecule has 0 unspecified atom stereocenters. The molecule has 2 aromatic carbocycles. The maximum Gasteiger partial charge on any atom is 0.407 e. The van der Waals surface area contributed by atoms with Gasteiger partial charge in [0.2, 0.25) is 0 Å². The number of benzene rings is 2. The molecule has 1 amide bonds. The fourth-order valence-electron chi connectivity index (χ4n) is 5.96. The maximum absolute atomic E-state index is 15.3. The molecular weight excluding hydrogens is 640 g/mol. The second kappa shape index (κ2) is 10.8. The zero-order valence-corrected chi connectivity index (χ0v) is 25.2. The largest absolute Gasteiger partial charge is 0.477 e. The van der Waals surface area contributed by atoms with Gasteiger partial charge in [0.1, 0.15) is 11.5 Å². The lowest BCUT2D eigenvalue weighted by molar-refractivity contribution is -0.254. The minimum absolute atomic E-state index is 0.0134. The van der Waals surface area contributed by atoms with Gasteiger partial charge < -0.3 is 15.2 Å². The van der Waals surface area contributed by atoms with Crippen molar-refractivity contribution in [2.24, 2.45) is 0 Å². The molecule has 2 N–H and O–H groups in total. The van der Waals surface area contributed by atoms with Gasteiger partial charge in [-0.1, -0.05) is 48.5 Å². The van der Waals surface area contributed by atoms with Gasteiger partial charge in [-0.05, 0) is 59.4 Å². The van der Waals surface area contributed by atoms with E-state index in [0.29, 0.717) is 17.4 Å². The van der Waals surface area contributed by atoms with Crippen LogP contribution in [0.25, 0.3) is 22.3 Å². The summed E-state index contributed by atoms with van der Waals surface area (Å²) < 4.78 is 95.9. The average molecular weight is 664 g/mol. The second-order valence-corrected chi connectivity index (χ2v) is 13.3. The molecule has 13 heteroatoms. The average Bonchev–Trinajstić information content (AvgIpc) is 3.67. The van der Waals surface area contributed by atoms with Gasteiger partial charge in [0.15, 0.2) is 0 Å². The number of amides is 1. The third-order valence-corrected chi connectivity index (χ3v) is 10.1. The van der Waals surface area contributed by atoms with Crippen molar-refractivity contribution in [3.63, 3.8) is 0 Å². The first-order chi connectivity index (χ1) is 21.2. The van der Waals surface area contributed by atoms with E-state index in [0.717, 1.165) is 39.7 Å². The first kappa shape index (κ1) is 30.9. The van der Waals surface area contributed by atoms with E-state index in [9.17, 15) is 23.5 Å². The van der Waals surface area contributed by atoms with Crippen molar-refractivity contribution in [1.29, 1.82) is 0 Å². The molecule has 0 bridgehead atoms. The van der Waals surface area contributed by atoms with Crippen molar-refractivity contribution in [2.75, 3.05) is 6.61 Å². The van der Waals surface area contributed by atoms with Crippen LogP contribution in [-0.4, -0.2) is 41.5 Å². The molecule has 0 fully saturated rings. The number of alkyl halides is 6. The zero-order chi connectivity index (χ0) is 32.5. The van der Waals surface area contributed by atoms with Crippen LogP contribution in [0.1, 0.15) is 52.5 Å². The first-order valence-corrected chi connectivity index (χ1v) is 15.2. The molecule has 0 spiro atoms. The summed E-state index contributed by atoms with van der Waals surface area (Å²) in [4.78, 5) is 23.8. The van der Waals surface area contributed by atoms with Gasteiger partial charge in [0, 0.05) is 31.7 Å². The molecule has 6 rings (SSSR count). The Labute approximate surface area is 260 Å². The number of carboxylic acid groups (broad SMARTS) is 1. The number of allylic oxidation sites excluding steroid dienone is 2. The standard InChI is InChI=1S/C32H23F6NO4S2/c1-15-22(26-27(23-12-25(28(40)41)45-16(23)2)31(35,36)32(37,38)30(26,33)34)11-17(44-15)13-39-29(42)43-14-24-20-9-5-3-7-18(20)19-8-4-6-10-21(19)24/h3-12,24H,13-14H2,1-2H3,(H,39,42)(H,40,41). The minimum atomic E-state index is -5.78. The lowest BCUT2D eigenvalue weighted by atomic mass is 9.95. The summed E-state index contributed by atoms with van der Waals surface area (Å²) in [6.45, 7) is 2.28. The molecule has 0 atom stereocenters. The van der Waals surface area contributed by atoms with E-state index in [1.165, 1.54) is 13.8 Å². The van der Waals surface area contributed by atoms with Crippen molar-refractivity contribution < 1.29 is 45.8 Å². The van der Waals surface area contributed by atoms with E-state index in [1.807, 2.05) is 48.5 Å². The van der Waals surface area contributed by atoms with E-state index < -0.39 is 57.0 Å². The number of rotatable bonds is 7. The molecule has 2 aromatic heterocycles. The summed E-state index contributed by atoms with van der Waals surface area (Å²) in [5, 5.41) is 11.8. The van der Waals surface area contributed by atoms with E-state index in [2.05, 4.69) is 5.32 Å². The van der Waals surface area contributed by atoms with Crippen LogP contribution in [0, 0.1) is 13.8 Å². The molecule has 0 aliphatic heterocycles. The molecule has 2 aliphatic carbocycles. The summed E-state index contributed by atoms with van der Waals surface area (Å²) in [6, 6.07) is 17.2. The number of aryl methyl sites for hydroxylation is 2. The molecule has 0 saturated carbocycles. The van der Waals surface area contributed by atoms with Crippen LogP contribution in [-0.2, 0) is 11.3 Å². The lowest BCUT2D eigenvalue weighted by Crippen LogP contribution is -2.48. The number of aromatic carboxylic acids is 1. The number of fused-ring (bicyclic) bond motifs is 3. The Hall–Kier alpha value is -4.10. The summed E-state index contributed by atoms with van der Waals surface area (Å²) in [7, 11) is 0. The van der Waals surface area contributed by atoms with Gasteiger partial charge in [-0.2, -0.15) is 26.3 Å². The van der Waals surface area contributed by atoms with E-state index in [-0.39, 0.29) is 33.7 Å². The maximum atomic E-state index is 15.3. The first-order valence-electron chi connectivity index (χ1n) is 13.6. The van der Waals surface area contributed by atoms with Gasteiger partial charge in [0.05, 0.1) is 6.54 Å². The smallest absolute Gasteiger partial charge is 0.407 e. The third kappa shape index (κ3) is 4.75. The van der Waals surface area contributed by atoms with E-state index >= 15 is 17.6 Å². The highest BCUT2D eigenvalue weighted by atomic mass is 32.1. The topological polar surface area (TPSA) is 75.6 Å². The Morgan fingerprint density at radius 3 is 1.84 bits per heavy atom. The zero-order valence-electron chi connectivity index (χ0n) is 23.5. The number of nitrogens with one attached hydrogen (secondary N) is 1. The highest BCUT2D eigenvalue weighted by Gasteiger charge is 2.80. The highest BCUT2D eigenvalue weighted by Crippen LogP contribution is 2.65. The Morgan fingerprint density at radius 2 is 1.31 bits per heavy atom. The summed E-state index contributed by atoms with van der Waals surface area (Å²) in [5.41, 5.74) is -0.342. The number of alkyl carbamates (subject to hydrolysis) is 1. The molecule has 234 valence electrons. The predicted molar refractivity (Wildman–Crippen MR) is 159 cm³/mol. The minimum Gasteiger partial charge on any atom is -0.477 e. The number of carbonyl (C=O) groups is 2. The van der Waals surface area contributed by atoms with Crippen molar-refractivity contribution in [3.8, 4) is 11.1 Å². The van der Waals surface area contributed by atoms with Gasteiger partial charge in [-0.15, -0.1) is 22.7 Å². The highest BCUT2D eigenvalue weighted by molar-refractivity contribution is 7.14. The third-order valence-electron chi connectivity index (χ3n) is 8.05. The normalized spacial score (nSPS) is 17.7. The Morgan fingerprint density at radius 1 is 0.800 bits per heavy atom. The van der Waals surface area contributed by atoms with Crippen LogP contribution in [0.15, 0.2) is 60.7 Å². The summed E-state index contributed by atoms with van der Waals surface area (Å²) >= 11 is 1.38. The van der Waals surface area contributed by atoms with E-state index in [4.69, 9.17) is 4.74 Å². The van der Waals surface area contributed by atoms with Gasteiger partial charge in [-0.25, -0.2) is 9.59 Å². The molecule has 2 aliphatic rings. The Balaban J connectivity index is 1.25. The Kier molecular flexibility index (Phi) is 7.39. The molecule has 0 radical (unpaired) electrons. The van der Waals surface area contributed by atoms with Crippen molar-refractivity contribution in [2.45, 2.75) is 44.1 Å². The van der Waals surface area contributed by atoms with Gasteiger partial charge in [-0.3, -0.25) is 0 Å². The molecule has 45 heavy (non-hydrogen) atoms. The van der Waals surface area contributed by atoms with Crippen LogP contribution in [0.5, 0.6) is 0 Å². The van der Waals surface area contributed by atoms with Crippen molar-refractivity contribution in [1.82, 2.24) is 5.32 Å². The number of ether oxygens (including phenoxy) is 1. The van der Waals surface area contributed by atoms with Gasteiger partial charge >= 0.3 is 29.8 Å². The molecule has 5 nitrogen and oxygen atoms in total. The SMILES string of the molecule is Cc1sc(CNC(=O)OCC2c3ccccc3-c3ccccc32)cc1C1=C(c2cc(C(=O)O)sc2C)C(F)(F)C(F)(F)C1(F)F. The van der Waals surface area contributed by atoms with Crippen LogP contribution in [0.2, 0.25) is 0 Å². The molecular formula is C32H23F6NO4S2. The van der Waals surface area contributed by atoms with Crippen LogP contribution < -0.4 is 5.32 Å². The molecule has 4 aromatic rings. The molecule has 2 heterocycles. The van der Waals surface area contributed by atoms with Crippen molar-refractivity contribution in [3.05, 3.63) is 102 Å². The fourth-order valence-corrected chi connectivity index (χ4v) is 7.81. The summed E-state index contributed by atoms with van der Waals surface area (Å²) in [5.74, 6) is -18.1. The monoisotopic (exact) mass is 663 g/mol. The second-order valence-electron chi connectivity index (χ2n) is 10.7.